The third-order valence-corrected chi connectivity index (χ3v) is 3.88. The van der Waals surface area contributed by atoms with Gasteiger partial charge >= 0.3 is 0 Å². The molecule has 0 aliphatic rings. The third kappa shape index (κ3) is 3.17. The second-order valence-electron chi connectivity index (χ2n) is 4.90. The molecule has 100 valence electrons. The van der Waals surface area contributed by atoms with Crippen molar-refractivity contribution in [2.24, 2.45) is 5.73 Å². The van der Waals surface area contributed by atoms with Crippen LogP contribution in [0.3, 0.4) is 0 Å². The van der Waals surface area contributed by atoms with Crippen molar-refractivity contribution in [3.8, 4) is 0 Å². The van der Waals surface area contributed by atoms with Gasteiger partial charge in [0.1, 0.15) is 0 Å². The zero-order chi connectivity index (χ0) is 14.0. The van der Waals surface area contributed by atoms with E-state index in [2.05, 4.69) is 77.3 Å². The quantitative estimate of drug-likeness (QED) is 0.899. The Morgan fingerprint density at radius 3 is 2.47 bits per heavy atom. The Hall–Kier alpha value is -1.32. The Morgan fingerprint density at radius 1 is 1.16 bits per heavy atom. The molecule has 0 amide bonds. The molecule has 0 bridgehead atoms. The number of anilines is 2. The van der Waals surface area contributed by atoms with Gasteiger partial charge in [-0.1, -0.05) is 18.2 Å². The highest BCUT2D eigenvalue weighted by Gasteiger charge is 2.10. The lowest BCUT2D eigenvalue weighted by Gasteiger charge is -2.22. The van der Waals surface area contributed by atoms with Gasteiger partial charge in [0, 0.05) is 23.2 Å². The predicted octanol–water partition coefficient (Wildman–Crippen LogP) is 4.55. The van der Waals surface area contributed by atoms with Crippen molar-refractivity contribution in [3.05, 3.63) is 58.1 Å². The van der Waals surface area contributed by atoms with Gasteiger partial charge in [0.15, 0.2) is 0 Å². The number of nitrogens with two attached hydrogens (primary N) is 1. The summed E-state index contributed by atoms with van der Waals surface area (Å²) in [6, 6.07) is 14.8. The van der Waals surface area contributed by atoms with E-state index in [9.17, 15) is 0 Å². The molecule has 0 aromatic heterocycles. The van der Waals surface area contributed by atoms with Crippen LogP contribution in [0.15, 0.2) is 46.9 Å². The molecule has 0 aliphatic heterocycles. The Kier molecular flexibility index (Phi) is 4.27. The zero-order valence-electron chi connectivity index (χ0n) is 11.5. The van der Waals surface area contributed by atoms with E-state index in [1.165, 1.54) is 11.3 Å². The van der Waals surface area contributed by atoms with E-state index in [1.807, 2.05) is 6.92 Å². The molecule has 0 saturated heterocycles. The number of nitrogens with zero attached hydrogens (tertiary/aromatic N) is 1. The van der Waals surface area contributed by atoms with Gasteiger partial charge in [0.05, 0.1) is 5.69 Å². The smallest absolute Gasteiger partial charge is 0.0552 e. The molecule has 0 unspecified atom stereocenters. The maximum Gasteiger partial charge on any atom is 0.0552 e. The van der Waals surface area contributed by atoms with Gasteiger partial charge in [-0.2, -0.15) is 0 Å². The molecule has 0 saturated carbocycles. The van der Waals surface area contributed by atoms with Crippen molar-refractivity contribution in [1.29, 1.82) is 0 Å². The van der Waals surface area contributed by atoms with Crippen molar-refractivity contribution in [2.75, 3.05) is 11.9 Å². The molecule has 2 aromatic carbocycles. The van der Waals surface area contributed by atoms with E-state index in [4.69, 9.17) is 5.73 Å². The molecule has 3 heteroatoms. The van der Waals surface area contributed by atoms with Crippen LogP contribution in [0.5, 0.6) is 0 Å². The van der Waals surface area contributed by atoms with Gasteiger partial charge < -0.3 is 10.6 Å². The average Bonchev–Trinajstić information content (AvgIpc) is 2.37. The zero-order valence-corrected chi connectivity index (χ0v) is 13.1. The lowest BCUT2D eigenvalue weighted by molar-refractivity contribution is 0.817. The Balaban J connectivity index is 2.36. The fourth-order valence-electron chi connectivity index (χ4n) is 2.05. The van der Waals surface area contributed by atoms with Gasteiger partial charge in [-0.15, -0.1) is 0 Å². The first kappa shape index (κ1) is 14.1. The van der Waals surface area contributed by atoms with Crippen LogP contribution < -0.4 is 10.6 Å². The summed E-state index contributed by atoms with van der Waals surface area (Å²) < 4.78 is 1.06. The topological polar surface area (TPSA) is 29.3 Å². The van der Waals surface area contributed by atoms with Gasteiger partial charge in [0.2, 0.25) is 0 Å². The molecule has 0 fully saturated rings. The van der Waals surface area contributed by atoms with Gasteiger partial charge in [-0.25, -0.2) is 0 Å². The van der Waals surface area contributed by atoms with Crippen molar-refractivity contribution in [3.63, 3.8) is 0 Å². The Morgan fingerprint density at radius 2 is 1.89 bits per heavy atom. The summed E-state index contributed by atoms with van der Waals surface area (Å²) in [4.78, 5) is 2.17. The molecular formula is C16H19BrN2. The first-order valence-electron chi connectivity index (χ1n) is 6.34. The third-order valence-electron chi connectivity index (χ3n) is 3.25. The normalized spacial score (nSPS) is 12.3. The van der Waals surface area contributed by atoms with Crippen LogP contribution >= 0.6 is 15.9 Å². The first-order chi connectivity index (χ1) is 8.99. The number of hydrogen-bond acceptors (Lipinski definition) is 2. The summed E-state index contributed by atoms with van der Waals surface area (Å²) in [5, 5.41) is 0. The summed E-state index contributed by atoms with van der Waals surface area (Å²) in [7, 11) is 2.07. The highest BCUT2D eigenvalue weighted by atomic mass is 79.9. The minimum atomic E-state index is 0.0506. The van der Waals surface area contributed by atoms with Crippen LogP contribution in [0, 0.1) is 6.92 Å². The molecule has 0 heterocycles. The molecule has 2 rings (SSSR count). The van der Waals surface area contributed by atoms with Crippen molar-refractivity contribution in [1.82, 2.24) is 0 Å². The maximum atomic E-state index is 5.91. The largest absolute Gasteiger partial charge is 0.344 e. The fraction of sp³-hybridized carbons (Fsp3) is 0.250. The first-order valence-corrected chi connectivity index (χ1v) is 7.14. The molecule has 2 N–H and O–H groups in total. The number of benzene rings is 2. The summed E-state index contributed by atoms with van der Waals surface area (Å²) in [5.41, 5.74) is 10.6. The molecule has 19 heavy (non-hydrogen) atoms. The second-order valence-corrected chi connectivity index (χ2v) is 5.75. The van der Waals surface area contributed by atoms with E-state index < -0.39 is 0 Å². The van der Waals surface area contributed by atoms with Crippen LogP contribution in [-0.4, -0.2) is 7.05 Å². The Bertz CT molecular complexity index is 579. The number of rotatable bonds is 3. The molecular weight excluding hydrogens is 300 g/mol. The monoisotopic (exact) mass is 318 g/mol. The molecule has 0 radical (unpaired) electrons. The number of aryl methyl sites for hydroxylation is 1. The molecule has 2 nitrogen and oxygen atoms in total. The minimum absolute atomic E-state index is 0.0506. The molecule has 2 aromatic rings. The molecule has 1 atom stereocenters. The summed E-state index contributed by atoms with van der Waals surface area (Å²) >= 11 is 3.63. The summed E-state index contributed by atoms with van der Waals surface area (Å²) in [5.74, 6) is 0. The average molecular weight is 319 g/mol. The van der Waals surface area contributed by atoms with Crippen molar-refractivity contribution < 1.29 is 0 Å². The lowest BCUT2D eigenvalue weighted by Crippen LogP contribution is -2.11. The van der Waals surface area contributed by atoms with E-state index in [0.29, 0.717) is 0 Å². The number of halogens is 1. The molecule has 0 spiro atoms. The Labute approximate surface area is 123 Å². The number of hydrogen-bond donors (Lipinski definition) is 1. The fourth-order valence-corrected chi connectivity index (χ4v) is 2.72. The predicted molar refractivity (Wildman–Crippen MR) is 86.0 cm³/mol. The van der Waals surface area contributed by atoms with Crippen LogP contribution in [0.2, 0.25) is 0 Å². The van der Waals surface area contributed by atoms with Gasteiger partial charge in [0.25, 0.3) is 0 Å². The van der Waals surface area contributed by atoms with E-state index in [-0.39, 0.29) is 6.04 Å². The minimum Gasteiger partial charge on any atom is -0.344 e. The van der Waals surface area contributed by atoms with Crippen molar-refractivity contribution in [2.45, 2.75) is 19.9 Å². The highest BCUT2D eigenvalue weighted by Crippen LogP contribution is 2.32. The summed E-state index contributed by atoms with van der Waals surface area (Å²) in [6.45, 7) is 4.09. The van der Waals surface area contributed by atoms with E-state index in [0.717, 1.165) is 15.7 Å². The second kappa shape index (κ2) is 5.76. The van der Waals surface area contributed by atoms with Crippen LogP contribution in [-0.2, 0) is 0 Å². The standard InChI is InChI=1S/C16H19BrN2/c1-11-5-4-6-14(9-11)19(3)16-8-7-13(12(2)18)10-15(16)17/h4-10,12H,18H2,1-3H3/t12-/m1/s1. The van der Waals surface area contributed by atoms with Crippen LogP contribution in [0.25, 0.3) is 0 Å². The van der Waals surface area contributed by atoms with E-state index >= 15 is 0 Å². The summed E-state index contributed by atoms with van der Waals surface area (Å²) in [6.07, 6.45) is 0. The van der Waals surface area contributed by atoms with E-state index in [1.54, 1.807) is 0 Å². The van der Waals surface area contributed by atoms with Crippen LogP contribution in [0.4, 0.5) is 11.4 Å². The SMILES string of the molecule is Cc1cccc(N(C)c2ccc([C@@H](C)N)cc2Br)c1. The van der Waals surface area contributed by atoms with Gasteiger partial charge in [-0.3, -0.25) is 0 Å². The van der Waals surface area contributed by atoms with Crippen LogP contribution in [0.1, 0.15) is 24.1 Å². The highest BCUT2D eigenvalue weighted by molar-refractivity contribution is 9.10. The van der Waals surface area contributed by atoms with Crippen molar-refractivity contribution >= 4 is 27.3 Å². The molecule has 0 aliphatic carbocycles. The van der Waals surface area contributed by atoms with Gasteiger partial charge in [-0.05, 0) is 65.2 Å². The lowest BCUT2D eigenvalue weighted by atomic mass is 10.1. The maximum absolute atomic E-state index is 5.91.